The number of rotatable bonds is 7. The Hall–Kier alpha value is -4.17. The molecule has 9 heteroatoms. The van der Waals surface area contributed by atoms with Crippen LogP contribution >= 0.6 is 11.6 Å². The van der Waals surface area contributed by atoms with Crippen molar-refractivity contribution < 1.29 is 14.3 Å². The van der Waals surface area contributed by atoms with Crippen LogP contribution in [-0.4, -0.2) is 35.2 Å². The average molecular weight is 477 g/mol. The van der Waals surface area contributed by atoms with Crippen LogP contribution in [0, 0.1) is 0 Å². The number of aromatic nitrogens is 2. The molecular formula is C25H21ClN4O4. The van der Waals surface area contributed by atoms with Crippen LogP contribution in [-0.2, 0) is 11.3 Å². The molecule has 0 saturated carbocycles. The highest BCUT2D eigenvalue weighted by molar-refractivity contribution is 6.32. The fraction of sp³-hybridized carbons (Fsp3) is 0.120. The van der Waals surface area contributed by atoms with Crippen LogP contribution < -0.4 is 20.9 Å². The minimum absolute atomic E-state index is 0.0120. The van der Waals surface area contributed by atoms with Gasteiger partial charge in [0, 0.05) is 11.9 Å². The molecule has 1 heterocycles. The zero-order chi connectivity index (χ0) is 24.1. The monoisotopic (exact) mass is 476 g/mol. The van der Waals surface area contributed by atoms with Crippen molar-refractivity contribution in [2.75, 3.05) is 13.7 Å². The maximum Gasteiger partial charge on any atom is 0.279 e. The van der Waals surface area contributed by atoms with Crippen molar-refractivity contribution in [3.8, 4) is 11.4 Å². The highest BCUT2D eigenvalue weighted by Gasteiger charge is 2.18. The second-order valence-corrected chi connectivity index (χ2v) is 7.78. The normalized spacial score (nSPS) is 10.6. The van der Waals surface area contributed by atoms with E-state index in [0.29, 0.717) is 33.8 Å². The van der Waals surface area contributed by atoms with Gasteiger partial charge in [-0.05, 0) is 29.8 Å². The van der Waals surface area contributed by atoms with Gasteiger partial charge in [-0.1, -0.05) is 60.1 Å². The molecule has 0 atom stereocenters. The molecule has 172 valence electrons. The Bertz CT molecular complexity index is 1420. The molecule has 4 rings (SSSR count). The molecule has 3 aromatic carbocycles. The quantitative estimate of drug-likeness (QED) is 0.426. The zero-order valence-electron chi connectivity index (χ0n) is 18.2. The number of hydrogen-bond donors (Lipinski definition) is 2. The van der Waals surface area contributed by atoms with Crippen LogP contribution in [0.4, 0.5) is 0 Å². The zero-order valence-corrected chi connectivity index (χ0v) is 19.0. The number of ether oxygens (including phenoxy) is 1. The molecule has 0 aliphatic rings. The van der Waals surface area contributed by atoms with Gasteiger partial charge in [-0.25, -0.2) is 0 Å². The Balaban J connectivity index is 1.59. The number of carbonyl (C=O) groups excluding carboxylic acids is 2. The summed E-state index contributed by atoms with van der Waals surface area (Å²) in [4.78, 5) is 38.3. The molecule has 34 heavy (non-hydrogen) atoms. The fourth-order valence-corrected chi connectivity index (χ4v) is 3.67. The van der Waals surface area contributed by atoms with Gasteiger partial charge in [0.25, 0.3) is 11.5 Å². The average Bonchev–Trinajstić information content (AvgIpc) is 2.87. The maximum absolute atomic E-state index is 13.1. The molecular weight excluding hydrogens is 456 g/mol. The lowest BCUT2D eigenvalue weighted by molar-refractivity contribution is -0.120. The second-order valence-electron chi connectivity index (χ2n) is 7.38. The summed E-state index contributed by atoms with van der Waals surface area (Å²) in [5.41, 5.74) is 0.920. The molecule has 0 radical (unpaired) electrons. The molecule has 0 bridgehead atoms. The molecule has 0 unspecified atom stereocenters. The highest BCUT2D eigenvalue weighted by atomic mass is 35.5. The van der Waals surface area contributed by atoms with Crippen LogP contribution in [0.2, 0.25) is 5.02 Å². The molecule has 0 saturated heterocycles. The molecule has 2 N–H and O–H groups in total. The van der Waals surface area contributed by atoms with E-state index in [1.165, 1.54) is 13.2 Å². The standard InChI is InChI=1S/C25H21ClN4O4/c1-34-21-12-11-17(13-20(21)26)30-25(33)19-10-6-5-9-18(19)23(29-30)24(32)28-15-22(31)27-14-16-7-3-2-4-8-16/h2-13H,14-15H2,1H3,(H,27,31)(H,28,32). The summed E-state index contributed by atoms with van der Waals surface area (Å²) in [7, 11) is 1.49. The van der Waals surface area contributed by atoms with E-state index >= 15 is 0 Å². The fourth-order valence-electron chi connectivity index (χ4n) is 3.42. The van der Waals surface area contributed by atoms with Crippen LogP contribution in [0.15, 0.2) is 77.6 Å². The third kappa shape index (κ3) is 4.92. The summed E-state index contributed by atoms with van der Waals surface area (Å²) in [5.74, 6) is -0.491. The van der Waals surface area contributed by atoms with E-state index in [1.807, 2.05) is 30.3 Å². The number of nitrogens with zero attached hydrogens (tertiary/aromatic N) is 2. The van der Waals surface area contributed by atoms with E-state index in [4.69, 9.17) is 16.3 Å². The van der Waals surface area contributed by atoms with E-state index in [1.54, 1.807) is 36.4 Å². The molecule has 0 aliphatic carbocycles. The number of amides is 2. The number of hydrogen-bond acceptors (Lipinski definition) is 5. The number of carbonyl (C=O) groups is 2. The van der Waals surface area contributed by atoms with Crippen LogP contribution in [0.5, 0.6) is 5.75 Å². The van der Waals surface area contributed by atoms with Gasteiger partial charge < -0.3 is 15.4 Å². The maximum atomic E-state index is 13.1. The Morgan fingerprint density at radius 3 is 2.38 bits per heavy atom. The highest BCUT2D eigenvalue weighted by Crippen LogP contribution is 2.26. The number of fused-ring (bicyclic) bond motifs is 1. The first kappa shape index (κ1) is 23.0. The van der Waals surface area contributed by atoms with Crippen molar-refractivity contribution in [3.63, 3.8) is 0 Å². The molecule has 1 aromatic heterocycles. The van der Waals surface area contributed by atoms with Crippen molar-refractivity contribution in [3.05, 3.63) is 99.4 Å². The number of methoxy groups -OCH3 is 1. The Kier molecular flexibility index (Phi) is 6.89. The Morgan fingerprint density at radius 1 is 0.971 bits per heavy atom. The van der Waals surface area contributed by atoms with Crippen molar-refractivity contribution in [1.29, 1.82) is 0 Å². The van der Waals surface area contributed by atoms with Crippen molar-refractivity contribution in [2.45, 2.75) is 6.54 Å². The molecule has 4 aromatic rings. The summed E-state index contributed by atoms with van der Waals surface area (Å²) in [6.07, 6.45) is 0. The van der Waals surface area contributed by atoms with Gasteiger partial charge in [0.1, 0.15) is 5.75 Å². The largest absolute Gasteiger partial charge is 0.495 e. The summed E-state index contributed by atoms with van der Waals surface area (Å²) in [5, 5.41) is 10.6. The van der Waals surface area contributed by atoms with Gasteiger partial charge in [-0.2, -0.15) is 9.78 Å². The van der Waals surface area contributed by atoms with E-state index in [2.05, 4.69) is 15.7 Å². The Morgan fingerprint density at radius 2 is 1.68 bits per heavy atom. The van der Waals surface area contributed by atoms with Gasteiger partial charge in [-0.15, -0.1) is 0 Å². The van der Waals surface area contributed by atoms with Crippen LogP contribution in [0.3, 0.4) is 0 Å². The van der Waals surface area contributed by atoms with Gasteiger partial charge in [0.05, 0.1) is 29.8 Å². The third-order valence-corrected chi connectivity index (χ3v) is 5.44. The number of benzene rings is 3. The van der Waals surface area contributed by atoms with Gasteiger partial charge in [0.2, 0.25) is 5.91 Å². The molecule has 8 nitrogen and oxygen atoms in total. The van der Waals surface area contributed by atoms with E-state index in [0.717, 1.165) is 10.2 Å². The third-order valence-electron chi connectivity index (χ3n) is 5.14. The van der Waals surface area contributed by atoms with Crippen molar-refractivity contribution in [1.82, 2.24) is 20.4 Å². The van der Waals surface area contributed by atoms with E-state index in [9.17, 15) is 14.4 Å². The smallest absolute Gasteiger partial charge is 0.279 e. The topological polar surface area (TPSA) is 102 Å². The predicted molar refractivity (Wildman–Crippen MR) is 130 cm³/mol. The molecule has 0 aliphatic heterocycles. The predicted octanol–water partition coefficient (Wildman–Crippen LogP) is 3.09. The van der Waals surface area contributed by atoms with Crippen LogP contribution in [0.25, 0.3) is 16.5 Å². The van der Waals surface area contributed by atoms with Gasteiger partial charge in [0.15, 0.2) is 5.69 Å². The lowest BCUT2D eigenvalue weighted by Crippen LogP contribution is -2.38. The van der Waals surface area contributed by atoms with Crippen LogP contribution in [0.1, 0.15) is 16.1 Å². The number of halogens is 1. The van der Waals surface area contributed by atoms with Crippen molar-refractivity contribution >= 4 is 34.2 Å². The minimum Gasteiger partial charge on any atom is -0.495 e. The van der Waals surface area contributed by atoms with E-state index in [-0.39, 0.29) is 18.1 Å². The van der Waals surface area contributed by atoms with Gasteiger partial charge in [-0.3, -0.25) is 14.4 Å². The summed E-state index contributed by atoms with van der Waals surface area (Å²) >= 11 is 6.22. The lowest BCUT2D eigenvalue weighted by Gasteiger charge is -2.12. The summed E-state index contributed by atoms with van der Waals surface area (Å²) in [6.45, 7) is 0.106. The summed E-state index contributed by atoms with van der Waals surface area (Å²) < 4.78 is 6.27. The van der Waals surface area contributed by atoms with E-state index < -0.39 is 11.5 Å². The Labute approximate surface area is 200 Å². The molecule has 0 spiro atoms. The number of nitrogens with one attached hydrogen (secondary N) is 2. The van der Waals surface area contributed by atoms with Gasteiger partial charge >= 0.3 is 0 Å². The summed E-state index contributed by atoms with van der Waals surface area (Å²) in [6, 6.07) is 20.9. The SMILES string of the molecule is COc1ccc(-n2nc(C(=O)NCC(=O)NCc3ccccc3)c3ccccc3c2=O)cc1Cl. The first-order valence-corrected chi connectivity index (χ1v) is 10.8. The molecule has 2 amide bonds. The molecule has 0 fully saturated rings. The second kappa shape index (κ2) is 10.2. The lowest BCUT2D eigenvalue weighted by atomic mass is 10.1. The first-order valence-electron chi connectivity index (χ1n) is 10.4. The first-order chi connectivity index (χ1) is 16.5. The minimum atomic E-state index is -0.584. The van der Waals surface area contributed by atoms with Crippen molar-refractivity contribution in [2.24, 2.45) is 0 Å².